The maximum atomic E-state index is 12.0. The summed E-state index contributed by atoms with van der Waals surface area (Å²) in [5.41, 5.74) is 0.822. The van der Waals surface area contributed by atoms with Crippen molar-refractivity contribution in [1.29, 1.82) is 0 Å². The van der Waals surface area contributed by atoms with Crippen molar-refractivity contribution in [2.24, 2.45) is 0 Å². The summed E-state index contributed by atoms with van der Waals surface area (Å²) >= 11 is 6.67. The van der Waals surface area contributed by atoms with Crippen LogP contribution < -0.4 is 4.72 Å². The summed E-state index contributed by atoms with van der Waals surface area (Å²) in [4.78, 5) is 0. The molecule has 0 saturated carbocycles. The quantitative estimate of drug-likeness (QED) is 0.856. The molecule has 1 heterocycles. The van der Waals surface area contributed by atoms with Gasteiger partial charge in [-0.3, -0.25) is 4.72 Å². The fourth-order valence-electron chi connectivity index (χ4n) is 1.41. The number of anilines is 1. The molecule has 18 heavy (non-hydrogen) atoms. The van der Waals surface area contributed by atoms with Gasteiger partial charge in [-0.2, -0.15) is 0 Å². The standard InChI is InChI=1S/C11H10ClNO3S2/c1-7-3-2-4-8(14)11(7)13-18(15,16)10-6-5-9(12)17-10/h2-6,13-14H,1H3. The first kappa shape index (κ1) is 13.2. The van der Waals surface area contributed by atoms with Gasteiger partial charge in [-0.15, -0.1) is 11.3 Å². The second kappa shape index (κ2) is 4.79. The van der Waals surface area contributed by atoms with E-state index in [1.54, 1.807) is 19.1 Å². The van der Waals surface area contributed by atoms with Gasteiger partial charge in [0.15, 0.2) is 0 Å². The summed E-state index contributed by atoms with van der Waals surface area (Å²) in [7, 11) is -3.71. The Morgan fingerprint density at radius 1 is 1.28 bits per heavy atom. The Morgan fingerprint density at radius 2 is 2.00 bits per heavy atom. The smallest absolute Gasteiger partial charge is 0.271 e. The molecule has 0 saturated heterocycles. The topological polar surface area (TPSA) is 66.4 Å². The molecule has 2 aromatic rings. The number of sulfonamides is 1. The van der Waals surface area contributed by atoms with Crippen LogP contribution in [0, 0.1) is 6.92 Å². The predicted molar refractivity (Wildman–Crippen MR) is 73.0 cm³/mol. The van der Waals surface area contributed by atoms with E-state index < -0.39 is 10.0 Å². The average Bonchev–Trinajstić information content (AvgIpc) is 2.71. The SMILES string of the molecule is Cc1cccc(O)c1NS(=O)(=O)c1ccc(Cl)s1. The summed E-state index contributed by atoms with van der Waals surface area (Å²) in [6.45, 7) is 1.71. The number of rotatable bonds is 3. The Labute approximate surface area is 114 Å². The fourth-order valence-corrected chi connectivity index (χ4v) is 4.04. The van der Waals surface area contributed by atoms with Gasteiger partial charge >= 0.3 is 0 Å². The Kier molecular flexibility index (Phi) is 3.52. The van der Waals surface area contributed by atoms with Crippen LogP contribution in [0.15, 0.2) is 34.5 Å². The summed E-state index contributed by atoms with van der Waals surface area (Å²) < 4.78 is 27.0. The van der Waals surface area contributed by atoms with E-state index in [-0.39, 0.29) is 15.6 Å². The molecule has 0 aliphatic carbocycles. The highest BCUT2D eigenvalue weighted by Crippen LogP contribution is 2.31. The molecular weight excluding hydrogens is 294 g/mol. The lowest BCUT2D eigenvalue weighted by atomic mass is 10.2. The first-order valence-electron chi connectivity index (χ1n) is 4.97. The van der Waals surface area contributed by atoms with Gasteiger partial charge in [-0.25, -0.2) is 8.42 Å². The van der Waals surface area contributed by atoms with Crippen LogP contribution in [0.5, 0.6) is 5.75 Å². The Morgan fingerprint density at radius 3 is 2.56 bits per heavy atom. The number of nitrogens with one attached hydrogen (secondary N) is 1. The molecule has 0 aliphatic heterocycles. The highest BCUT2D eigenvalue weighted by molar-refractivity contribution is 7.94. The van der Waals surface area contributed by atoms with E-state index >= 15 is 0 Å². The summed E-state index contributed by atoms with van der Waals surface area (Å²) in [6.07, 6.45) is 0. The molecule has 0 amide bonds. The normalized spacial score (nSPS) is 11.4. The second-order valence-corrected chi connectivity index (χ2v) is 7.26. The number of aromatic hydroxyl groups is 1. The molecule has 0 fully saturated rings. The Balaban J connectivity index is 2.40. The van der Waals surface area contributed by atoms with Crippen molar-refractivity contribution in [3.63, 3.8) is 0 Å². The molecule has 4 nitrogen and oxygen atoms in total. The van der Waals surface area contributed by atoms with Crippen LogP contribution in [0.25, 0.3) is 0 Å². The van der Waals surface area contributed by atoms with Crippen molar-refractivity contribution in [2.75, 3.05) is 4.72 Å². The largest absolute Gasteiger partial charge is 0.506 e. The van der Waals surface area contributed by atoms with Crippen molar-refractivity contribution in [1.82, 2.24) is 0 Å². The number of hydrogen-bond acceptors (Lipinski definition) is 4. The molecule has 96 valence electrons. The van der Waals surface area contributed by atoms with Crippen molar-refractivity contribution >= 4 is 38.6 Å². The highest BCUT2D eigenvalue weighted by atomic mass is 35.5. The molecule has 0 radical (unpaired) electrons. The van der Waals surface area contributed by atoms with Crippen LogP contribution in [0.3, 0.4) is 0 Å². The first-order chi connectivity index (χ1) is 8.40. The molecule has 0 unspecified atom stereocenters. The zero-order valence-electron chi connectivity index (χ0n) is 9.34. The van der Waals surface area contributed by atoms with E-state index in [0.717, 1.165) is 11.3 Å². The maximum Gasteiger partial charge on any atom is 0.271 e. The van der Waals surface area contributed by atoms with Gasteiger partial charge in [0.05, 0.1) is 10.0 Å². The predicted octanol–water partition coefficient (Wildman–Crippen LogP) is 3.22. The van der Waals surface area contributed by atoms with Gasteiger partial charge in [0, 0.05) is 0 Å². The minimum atomic E-state index is -3.71. The third-order valence-corrected chi connectivity index (χ3v) is 5.37. The summed E-state index contributed by atoms with van der Waals surface area (Å²) in [6, 6.07) is 7.71. The lowest BCUT2D eigenvalue weighted by Crippen LogP contribution is -2.12. The van der Waals surface area contributed by atoms with Gasteiger partial charge < -0.3 is 5.11 Å². The Hall–Kier alpha value is -1.24. The van der Waals surface area contributed by atoms with Crippen molar-refractivity contribution in [2.45, 2.75) is 11.1 Å². The number of thiophene rings is 1. The van der Waals surface area contributed by atoms with Crippen LogP contribution in [0.4, 0.5) is 5.69 Å². The van der Waals surface area contributed by atoms with Crippen molar-refractivity contribution < 1.29 is 13.5 Å². The van der Waals surface area contributed by atoms with Crippen molar-refractivity contribution in [3.8, 4) is 5.75 Å². The summed E-state index contributed by atoms with van der Waals surface area (Å²) in [5, 5.41) is 9.66. The lowest BCUT2D eigenvalue weighted by molar-refractivity contribution is 0.477. The molecule has 2 N–H and O–H groups in total. The van der Waals surface area contributed by atoms with Gasteiger partial charge in [0.1, 0.15) is 9.96 Å². The zero-order valence-corrected chi connectivity index (χ0v) is 11.7. The number of phenols is 1. The highest BCUT2D eigenvalue weighted by Gasteiger charge is 2.19. The molecule has 0 aliphatic rings. The first-order valence-corrected chi connectivity index (χ1v) is 7.64. The van der Waals surface area contributed by atoms with Crippen LogP contribution >= 0.6 is 22.9 Å². The van der Waals surface area contributed by atoms with Crippen molar-refractivity contribution in [3.05, 3.63) is 40.2 Å². The molecular formula is C11H10ClNO3S2. The van der Waals surface area contributed by atoms with Crippen LogP contribution in [-0.2, 0) is 10.0 Å². The van der Waals surface area contributed by atoms with E-state index in [1.165, 1.54) is 18.2 Å². The van der Waals surface area contributed by atoms with E-state index in [1.807, 2.05) is 0 Å². The molecule has 1 aromatic heterocycles. The Bertz CT molecular complexity index is 659. The van der Waals surface area contributed by atoms with Gasteiger partial charge in [0.25, 0.3) is 10.0 Å². The van der Waals surface area contributed by atoms with Crippen LogP contribution in [0.2, 0.25) is 4.34 Å². The molecule has 0 bridgehead atoms. The lowest BCUT2D eigenvalue weighted by Gasteiger charge is -2.10. The number of aryl methyl sites for hydroxylation is 1. The molecule has 1 aromatic carbocycles. The second-order valence-electron chi connectivity index (χ2n) is 3.63. The van der Waals surface area contributed by atoms with Gasteiger partial charge in [-0.05, 0) is 30.7 Å². The molecule has 7 heteroatoms. The van der Waals surface area contributed by atoms with E-state index in [0.29, 0.717) is 9.90 Å². The zero-order chi connectivity index (χ0) is 13.3. The third-order valence-electron chi connectivity index (χ3n) is 2.30. The average molecular weight is 304 g/mol. The number of phenolic OH excluding ortho intramolecular Hbond substituents is 1. The third kappa shape index (κ3) is 2.60. The fraction of sp³-hybridized carbons (Fsp3) is 0.0909. The number of benzene rings is 1. The maximum absolute atomic E-state index is 12.0. The van der Waals surface area contributed by atoms with Crippen LogP contribution in [0.1, 0.15) is 5.56 Å². The number of hydrogen-bond donors (Lipinski definition) is 2. The van der Waals surface area contributed by atoms with E-state index in [4.69, 9.17) is 11.6 Å². The minimum Gasteiger partial charge on any atom is -0.506 e. The van der Waals surface area contributed by atoms with Crippen LogP contribution in [-0.4, -0.2) is 13.5 Å². The van der Waals surface area contributed by atoms with E-state index in [2.05, 4.69) is 4.72 Å². The molecule has 2 rings (SSSR count). The monoisotopic (exact) mass is 303 g/mol. The van der Waals surface area contributed by atoms with E-state index in [9.17, 15) is 13.5 Å². The number of halogens is 1. The van der Waals surface area contributed by atoms with Gasteiger partial charge in [0.2, 0.25) is 0 Å². The molecule has 0 spiro atoms. The molecule has 0 atom stereocenters. The minimum absolute atomic E-state index is 0.107. The van der Waals surface area contributed by atoms with Gasteiger partial charge in [-0.1, -0.05) is 23.7 Å². The summed E-state index contributed by atoms with van der Waals surface area (Å²) in [5.74, 6) is -0.110. The number of para-hydroxylation sites is 1.